The van der Waals surface area contributed by atoms with Crippen LogP contribution in [-0.4, -0.2) is 41.4 Å². The molecule has 0 bridgehead atoms. The number of aliphatic carboxylic acids is 1. The monoisotopic (exact) mass is 322 g/mol. The van der Waals surface area contributed by atoms with Crippen molar-refractivity contribution in [3.8, 4) is 5.75 Å². The van der Waals surface area contributed by atoms with E-state index in [2.05, 4.69) is 10.6 Å². The van der Waals surface area contributed by atoms with Crippen molar-refractivity contribution in [3.63, 3.8) is 0 Å². The molecule has 0 aromatic heterocycles. The van der Waals surface area contributed by atoms with Gasteiger partial charge in [-0.1, -0.05) is 12.1 Å². The topological polar surface area (TPSA) is 122 Å². The summed E-state index contributed by atoms with van der Waals surface area (Å²) in [5.74, 6) is -2.25. The Morgan fingerprint density at radius 2 is 1.74 bits per heavy atom. The van der Waals surface area contributed by atoms with Crippen LogP contribution in [0.3, 0.4) is 0 Å². The van der Waals surface area contributed by atoms with Gasteiger partial charge in [0.25, 0.3) is 0 Å². The van der Waals surface area contributed by atoms with Crippen molar-refractivity contribution < 1.29 is 29.0 Å². The third kappa shape index (κ3) is 7.07. The maximum atomic E-state index is 11.9. The lowest BCUT2D eigenvalue weighted by Crippen LogP contribution is -2.48. The van der Waals surface area contributed by atoms with E-state index in [1.807, 2.05) is 0 Å². The van der Waals surface area contributed by atoms with Gasteiger partial charge < -0.3 is 20.5 Å². The molecule has 0 spiro atoms. The fourth-order valence-corrected chi connectivity index (χ4v) is 1.84. The van der Waals surface area contributed by atoms with Crippen LogP contribution in [0.4, 0.5) is 0 Å². The van der Waals surface area contributed by atoms with E-state index in [4.69, 9.17) is 9.84 Å². The van der Waals surface area contributed by atoms with E-state index in [0.717, 1.165) is 0 Å². The third-order valence-electron chi connectivity index (χ3n) is 2.73. The van der Waals surface area contributed by atoms with Crippen molar-refractivity contribution in [2.24, 2.45) is 0 Å². The van der Waals surface area contributed by atoms with Crippen molar-refractivity contribution in [2.75, 3.05) is 6.54 Å². The van der Waals surface area contributed by atoms with Crippen molar-refractivity contribution in [1.29, 1.82) is 0 Å². The summed E-state index contributed by atoms with van der Waals surface area (Å²) < 4.78 is 4.90. The number of benzene rings is 1. The van der Waals surface area contributed by atoms with Gasteiger partial charge >= 0.3 is 11.9 Å². The quantitative estimate of drug-likeness (QED) is 0.474. The first-order chi connectivity index (χ1) is 10.8. The Kier molecular flexibility index (Phi) is 6.72. The SMILES string of the molecule is CC(=O)N[C@@H](Cc1ccc(OC(C)=O)cc1)C(=O)NCC(=O)O. The van der Waals surface area contributed by atoms with Crippen molar-refractivity contribution in [3.05, 3.63) is 29.8 Å². The maximum absolute atomic E-state index is 11.9. The van der Waals surface area contributed by atoms with Gasteiger partial charge in [0.05, 0.1) is 0 Å². The number of hydrogen-bond acceptors (Lipinski definition) is 5. The summed E-state index contributed by atoms with van der Waals surface area (Å²) in [6.45, 7) is 2.02. The highest BCUT2D eigenvalue weighted by atomic mass is 16.5. The van der Waals surface area contributed by atoms with Crippen LogP contribution in [0, 0.1) is 0 Å². The molecule has 0 fully saturated rings. The second kappa shape index (κ2) is 8.52. The van der Waals surface area contributed by atoms with Gasteiger partial charge in [-0.3, -0.25) is 19.2 Å². The molecule has 0 aliphatic rings. The highest BCUT2D eigenvalue weighted by Gasteiger charge is 2.20. The average molecular weight is 322 g/mol. The van der Waals surface area contributed by atoms with Gasteiger partial charge in [-0.2, -0.15) is 0 Å². The fraction of sp³-hybridized carbons (Fsp3) is 0.333. The summed E-state index contributed by atoms with van der Waals surface area (Å²) >= 11 is 0. The van der Waals surface area contributed by atoms with Crippen LogP contribution >= 0.6 is 0 Å². The summed E-state index contributed by atoms with van der Waals surface area (Å²) in [4.78, 5) is 44.5. The third-order valence-corrected chi connectivity index (χ3v) is 2.73. The number of carboxylic acids is 1. The minimum absolute atomic E-state index is 0.172. The normalized spacial score (nSPS) is 11.2. The summed E-state index contributed by atoms with van der Waals surface area (Å²) in [7, 11) is 0. The molecule has 23 heavy (non-hydrogen) atoms. The number of nitrogens with one attached hydrogen (secondary N) is 2. The standard InChI is InChI=1S/C15H18N2O6/c1-9(18)17-13(15(22)16-8-14(20)21)7-11-3-5-12(6-4-11)23-10(2)19/h3-6,13H,7-8H2,1-2H3,(H,16,22)(H,17,18)(H,20,21)/t13-/m0/s1. The van der Waals surface area contributed by atoms with E-state index in [1.165, 1.54) is 13.8 Å². The zero-order chi connectivity index (χ0) is 17.4. The summed E-state index contributed by atoms with van der Waals surface area (Å²) in [6.07, 6.45) is 0.172. The largest absolute Gasteiger partial charge is 0.480 e. The first kappa shape index (κ1) is 18.1. The molecule has 1 aromatic carbocycles. The molecular formula is C15H18N2O6. The Morgan fingerprint density at radius 1 is 1.13 bits per heavy atom. The molecule has 1 atom stereocenters. The van der Waals surface area contributed by atoms with Gasteiger partial charge in [-0.25, -0.2) is 0 Å². The smallest absolute Gasteiger partial charge is 0.322 e. The Labute approximate surface area is 132 Å². The van der Waals surface area contributed by atoms with Crippen LogP contribution < -0.4 is 15.4 Å². The molecule has 0 saturated heterocycles. The van der Waals surface area contributed by atoms with Crippen LogP contribution in [-0.2, 0) is 25.6 Å². The predicted octanol–water partition coefficient (Wildman–Crippen LogP) is -0.140. The second-order valence-corrected chi connectivity index (χ2v) is 4.81. The first-order valence-corrected chi connectivity index (χ1v) is 6.82. The maximum Gasteiger partial charge on any atom is 0.322 e. The van der Waals surface area contributed by atoms with E-state index in [9.17, 15) is 19.2 Å². The Morgan fingerprint density at radius 3 is 2.22 bits per heavy atom. The highest BCUT2D eigenvalue weighted by Crippen LogP contribution is 2.13. The lowest BCUT2D eigenvalue weighted by atomic mass is 10.0. The molecule has 0 saturated carbocycles. The number of ether oxygens (including phenoxy) is 1. The molecule has 8 nitrogen and oxygen atoms in total. The Hall–Kier alpha value is -2.90. The van der Waals surface area contributed by atoms with Gasteiger partial charge in [0.2, 0.25) is 11.8 Å². The van der Waals surface area contributed by atoms with Crippen LogP contribution in [0.15, 0.2) is 24.3 Å². The lowest BCUT2D eigenvalue weighted by molar-refractivity contribution is -0.138. The van der Waals surface area contributed by atoms with Gasteiger partial charge in [0, 0.05) is 20.3 Å². The zero-order valence-electron chi connectivity index (χ0n) is 12.8. The van der Waals surface area contributed by atoms with Crippen LogP contribution in [0.5, 0.6) is 5.75 Å². The van der Waals surface area contributed by atoms with Crippen molar-refractivity contribution >= 4 is 23.8 Å². The summed E-state index contributed by atoms with van der Waals surface area (Å²) in [6, 6.07) is 5.54. The molecule has 0 aliphatic carbocycles. The zero-order valence-corrected chi connectivity index (χ0v) is 12.8. The number of amides is 2. The van der Waals surface area contributed by atoms with Crippen molar-refractivity contribution in [2.45, 2.75) is 26.3 Å². The molecule has 2 amide bonds. The van der Waals surface area contributed by atoms with Crippen LogP contribution in [0.25, 0.3) is 0 Å². The molecule has 0 unspecified atom stereocenters. The minimum atomic E-state index is -1.18. The average Bonchev–Trinajstić information content (AvgIpc) is 2.45. The predicted molar refractivity (Wildman–Crippen MR) is 79.7 cm³/mol. The van der Waals surface area contributed by atoms with Gasteiger partial charge in [0.15, 0.2) is 0 Å². The summed E-state index contributed by atoms with van der Waals surface area (Å²) in [5, 5.41) is 13.3. The fourth-order valence-electron chi connectivity index (χ4n) is 1.84. The van der Waals surface area contributed by atoms with Crippen LogP contribution in [0.2, 0.25) is 0 Å². The molecule has 0 radical (unpaired) electrons. The minimum Gasteiger partial charge on any atom is -0.480 e. The molecule has 1 rings (SSSR count). The molecule has 0 aliphatic heterocycles. The number of carbonyl (C=O) groups excluding carboxylic acids is 3. The first-order valence-electron chi connectivity index (χ1n) is 6.82. The number of rotatable bonds is 7. The van der Waals surface area contributed by atoms with E-state index in [-0.39, 0.29) is 6.42 Å². The molecule has 124 valence electrons. The van der Waals surface area contributed by atoms with Gasteiger partial charge in [-0.15, -0.1) is 0 Å². The van der Waals surface area contributed by atoms with Gasteiger partial charge in [0.1, 0.15) is 18.3 Å². The lowest BCUT2D eigenvalue weighted by Gasteiger charge is -2.17. The highest BCUT2D eigenvalue weighted by molar-refractivity contribution is 5.89. The van der Waals surface area contributed by atoms with Gasteiger partial charge in [-0.05, 0) is 17.7 Å². The number of carbonyl (C=O) groups is 4. The molecule has 1 aromatic rings. The summed E-state index contributed by atoms with van der Waals surface area (Å²) in [5.41, 5.74) is 0.713. The second-order valence-electron chi connectivity index (χ2n) is 4.81. The van der Waals surface area contributed by atoms with E-state index in [0.29, 0.717) is 11.3 Å². The molecule has 0 heterocycles. The molecule has 8 heteroatoms. The Balaban J connectivity index is 2.75. The number of esters is 1. The van der Waals surface area contributed by atoms with Crippen molar-refractivity contribution in [1.82, 2.24) is 10.6 Å². The van der Waals surface area contributed by atoms with E-state index in [1.54, 1.807) is 24.3 Å². The van der Waals surface area contributed by atoms with Crippen LogP contribution in [0.1, 0.15) is 19.4 Å². The molecular weight excluding hydrogens is 304 g/mol. The van der Waals surface area contributed by atoms with E-state index < -0.39 is 36.3 Å². The molecule has 3 N–H and O–H groups in total. The number of carboxylic acid groups (broad SMARTS) is 1. The number of hydrogen-bond donors (Lipinski definition) is 3. The van der Waals surface area contributed by atoms with E-state index >= 15 is 0 Å². The Bertz CT molecular complexity index is 596.